The number of halogens is 4. The van der Waals surface area contributed by atoms with Crippen molar-refractivity contribution < 1.29 is 95.9 Å². The predicted molar refractivity (Wildman–Crippen MR) is 11.5 cm³/mol. The third-order valence-corrected chi connectivity index (χ3v) is 0. The summed E-state index contributed by atoms with van der Waals surface area (Å²) in [5, 5.41) is 0. The summed E-state index contributed by atoms with van der Waals surface area (Å²) in [5.74, 6) is 0. The van der Waals surface area contributed by atoms with Crippen molar-refractivity contribution in [3.63, 3.8) is 0 Å². The zero-order chi connectivity index (χ0) is 0. The maximum Gasteiger partial charge on any atom is 2.00 e. The van der Waals surface area contributed by atoms with Crippen molar-refractivity contribution in [3.05, 3.63) is 0 Å². The fraction of sp³-hybridized carbons (Fsp3) is 0. The molecule has 0 unspecified atom stereocenters. The van der Waals surface area contributed by atoms with Gasteiger partial charge in [0.1, 0.15) is 0 Å². The molecule has 6 heavy (non-hydrogen) atoms. The molecule has 32 valence electrons. The van der Waals surface area contributed by atoms with Gasteiger partial charge in [-0.05, 0) is 0 Å². The first-order valence-electron chi connectivity index (χ1n) is 0. The van der Waals surface area contributed by atoms with Crippen LogP contribution in [0, 0.1) is 0 Å². The van der Waals surface area contributed by atoms with E-state index in [-0.39, 0.29) is 142 Å². The van der Waals surface area contributed by atoms with Gasteiger partial charge in [0.15, 0.2) is 0 Å². The van der Waals surface area contributed by atoms with Crippen LogP contribution in [-0.4, -0.2) is 46.1 Å². The van der Waals surface area contributed by atoms with Crippen LogP contribution < -0.4 is 95.9 Å². The average Bonchev–Trinajstić information content (AvgIpc) is 0. The molecule has 0 rings (SSSR count). The standard InChI is InChI=1S/4HI.2Mg/h4*1H;;/q;;;;2*+2/p-4. The molecule has 0 nitrogen and oxygen atoms in total. The largest absolute Gasteiger partial charge is 2.00 e. The van der Waals surface area contributed by atoms with Crippen LogP contribution in [0.5, 0.6) is 0 Å². The van der Waals surface area contributed by atoms with E-state index in [2.05, 4.69) is 0 Å². The molecule has 0 saturated heterocycles. The molecule has 0 amide bonds. The zero-order valence-corrected chi connectivity index (χ0v) is 14.4. The molecule has 0 spiro atoms. The van der Waals surface area contributed by atoms with Gasteiger partial charge in [-0.1, -0.05) is 0 Å². The van der Waals surface area contributed by atoms with Crippen LogP contribution in [0.25, 0.3) is 0 Å². The number of rotatable bonds is 0. The molecular formula is I4Mg2. The predicted octanol–water partition coefficient (Wildman–Crippen LogP) is -12.7. The summed E-state index contributed by atoms with van der Waals surface area (Å²) in [6.07, 6.45) is 0. The van der Waals surface area contributed by atoms with E-state index in [1.165, 1.54) is 0 Å². The summed E-state index contributed by atoms with van der Waals surface area (Å²) in [7, 11) is 0. The van der Waals surface area contributed by atoms with Gasteiger partial charge in [-0.2, -0.15) is 0 Å². The Morgan fingerprint density at radius 1 is 0.333 bits per heavy atom. The first-order valence-corrected chi connectivity index (χ1v) is 0. The molecule has 0 aromatic carbocycles. The normalized spacial score (nSPS) is 0. The quantitative estimate of drug-likeness (QED) is 0.206. The van der Waals surface area contributed by atoms with E-state index in [0.29, 0.717) is 0 Å². The number of hydrogen-bond donors (Lipinski definition) is 0. The van der Waals surface area contributed by atoms with Gasteiger partial charge in [0, 0.05) is 0 Å². The Kier molecular flexibility index (Phi) is 267. The fourth-order valence-electron chi connectivity index (χ4n) is 0. The van der Waals surface area contributed by atoms with Gasteiger partial charge in [0.2, 0.25) is 0 Å². The molecule has 0 heterocycles. The van der Waals surface area contributed by atoms with Crippen molar-refractivity contribution >= 4 is 46.1 Å². The van der Waals surface area contributed by atoms with E-state index in [1.807, 2.05) is 0 Å². The van der Waals surface area contributed by atoms with Gasteiger partial charge in [0.25, 0.3) is 0 Å². The second-order valence-corrected chi connectivity index (χ2v) is 0. The molecule has 0 fully saturated rings. The summed E-state index contributed by atoms with van der Waals surface area (Å²) in [4.78, 5) is 0. The van der Waals surface area contributed by atoms with Gasteiger partial charge >= 0.3 is 46.1 Å². The van der Waals surface area contributed by atoms with Gasteiger partial charge in [0.05, 0.1) is 0 Å². The molecule has 6 heteroatoms. The van der Waals surface area contributed by atoms with Crippen molar-refractivity contribution in [2.75, 3.05) is 0 Å². The molecule has 0 aliphatic carbocycles. The molecule has 0 aromatic rings. The van der Waals surface area contributed by atoms with Crippen LogP contribution in [-0.2, 0) is 0 Å². The van der Waals surface area contributed by atoms with Crippen molar-refractivity contribution in [2.45, 2.75) is 0 Å². The Morgan fingerprint density at radius 3 is 0.333 bits per heavy atom. The second-order valence-electron chi connectivity index (χ2n) is 0. The Labute approximate surface area is 138 Å². The van der Waals surface area contributed by atoms with E-state index >= 15 is 0 Å². The first-order chi connectivity index (χ1) is 0. The van der Waals surface area contributed by atoms with Gasteiger partial charge < -0.3 is 95.9 Å². The minimum Gasteiger partial charge on any atom is -1.00 e. The van der Waals surface area contributed by atoms with E-state index in [4.69, 9.17) is 0 Å². The van der Waals surface area contributed by atoms with Crippen LogP contribution in [0.3, 0.4) is 0 Å². The first kappa shape index (κ1) is 47.1. The number of hydrogen-bond acceptors (Lipinski definition) is 0. The summed E-state index contributed by atoms with van der Waals surface area (Å²) in [6.45, 7) is 0. The zero-order valence-electron chi connectivity index (χ0n) is 2.93. The van der Waals surface area contributed by atoms with Crippen LogP contribution >= 0.6 is 0 Å². The molecule has 0 aliphatic rings. The van der Waals surface area contributed by atoms with Crippen molar-refractivity contribution in [3.8, 4) is 0 Å². The third-order valence-electron chi connectivity index (χ3n) is 0. The summed E-state index contributed by atoms with van der Waals surface area (Å²) in [6, 6.07) is 0. The Morgan fingerprint density at radius 2 is 0.333 bits per heavy atom. The van der Waals surface area contributed by atoms with E-state index in [0.717, 1.165) is 0 Å². The minimum atomic E-state index is 0. The van der Waals surface area contributed by atoms with Crippen molar-refractivity contribution in [2.24, 2.45) is 0 Å². The molecule has 0 N–H and O–H groups in total. The minimum absolute atomic E-state index is 0. The molecule has 0 saturated carbocycles. The van der Waals surface area contributed by atoms with E-state index in [1.54, 1.807) is 0 Å². The fourth-order valence-corrected chi connectivity index (χ4v) is 0. The molecule has 0 atom stereocenters. The van der Waals surface area contributed by atoms with Crippen LogP contribution in [0.15, 0.2) is 0 Å². The second kappa shape index (κ2) is 34.1. The van der Waals surface area contributed by atoms with E-state index < -0.39 is 0 Å². The monoisotopic (exact) mass is 556 g/mol. The van der Waals surface area contributed by atoms with Crippen LogP contribution in [0.1, 0.15) is 0 Å². The van der Waals surface area contributed by atoms with Crippen molar-refractivity contribution in [1.29, 1.82) is 0 Å². The summed E-state index contributed by atoms with van der Waals surface area (Å²) >= 11 is 0. The SMILES string of the molecule is [I-].[I-].[I-].[I-].[Mg+2].[Mg+2]. The van der Waals surface area contributed by atoms with Crippen molar-refractivity contribution in [1.82, 2.24) is 0 Å². The Bertz CT molecular complexity index is 5.51. The van der Waals surface area contributed by atoms with Crippen LogP contribution in [0.4, 0.5) is 0 Å². The smallest absolute Gasteiger partial charge is 1.00 e. The maximum absolute atomic E-state index is 0. The molecular weight excluding hydrogens is 556 g/mol. The van der Waals surface area contributed by atoms with E-state index in [9.17, 15) is 0 Å². The average molecular weight is 556 g/mol. The Balaban J connectivity index is 0. The summed E-state index contributed by atoms with van der Waals surface area (Å²) < 4.78 is 0. The third kappa shape index (κ3) is 23.7. The van der Waals surface area contributed by atoms with Gasteiger partial charge in [-0.25, -0.2) is 0 Å². The topological polar surface area (TPSA) is 0 Å². The summed E-state index contributed by atoms with van der Waals surface area (Å²) in [5.41, 5.74) is 0. The molecule has 0 aliphatic heterocycles. The Hall–Kier alpha value is 4.45. The van der Waals surface area contributed by atoms with Crippen LogP contribution in [0.2, 0.25) is 0 Å². The maximum atomic E-state index is 0. The molecule has 0 radical (unpaired) electrons. The van der Waals surface area contributed by atoms with Gasteiger partial charge in [-0.3, -0.25) is 0 Å². The molecule has 0 aromatic heterocycles. The molecule has 0 bridgehead atoms. The van der Waals surface area contributed by atoms with Gasteiger partial charge in [-0.15, -0.1) is 0 Å².